The highest BCUT2D eigenvalue weighted by molar-refractivity contribution is 6.21. The number of aromatic nitrogens is 1. The van der Waals surface area contributed by atoms with Gasteiger partial charge in [0.25, 0.3) is 0 Å². The third-order valence-corrected chi connectivity index (χ3v) is 16.5. The number of hydrogen-bond acceptors (Lipinski definition) is 3. The summed E-state index contributed by atoms with van der Waals surface area (Å²) in [5.41, 5.74) is 27.6. The van der Waals surface area contributed by atoms with Gasteiger partial charge in [-0.25, -0.2) is 0 Å². The monoisotopic (exact) mass is 877 g/mol. The molecule has 8 aromatic carbocycles. The summed E-state index contributed by atoms with van der Waals surface area (Å²) in [4.78, 5) is 4.36. The van der Waals surface area contributed by atoms with Gasteiger partial charge in [-0.2, -0.15) is 0 Å². The lowest BCUT2D eigenvalue weighted by Crippen LogP contribution is -2.24. The number of aryl methyl sites for hydroxylation is 2. The van der Waals surface area contributed by atoms with Crippen LogP contribution in [0.5, 0.6) is 0 Å². The lowest BCUT2D eigenvalue weighted by atomic mass is 9.71. The fourth-order valence-corrected chi connectivity index (χ4v) is 13.5. The topological polar surface area (TPSA) is 39.2 Å². The maximum Gasteiger partial charge on any atom is 0.144 e. The second kappa shape index (κ2) is 13.4. The van der Waals surface area contributed by atoms with E-state index in [2.05, 4.69) is 206 Å². The number of hydrogen-bond donors (Lipinski definition) is 0. The van der Waals surface area contributed by atoms with Crippen molar-refractivity contribution in [3.63, 3.8) is 0 Å². The highest BCUT2D eigenvalue weighted by atomic mass is 16.3. The van der Waals surface area contributed by atoms with E-state index in [1.807, 2.05) is 12.4 Å². The Morgan fingerprint density at radius 1 is 0.412 bits per heavy atom. The summed E-state index contributed by atoms with van der Waals surface area (Å²) in [6.07, 6.45) is 3.75. The molecule has 0 amide bonds. The normalized spacial score (nSPS) is 15.9. The highest BCUT2D eigenvalue weighted by Crippen LogP contribution is 2.64. The molecule has 0 aliphatic heterocycles. The van der Waals surface area contributed by atoms with Gasteiger partial charge in [0.05, 0.1) is 0 Å². The zero-order valence-corrected chi connectivity index (χ0v) is 39.9. The first kappa shape index (κ1) is 39.7. The molecule has 0 bridgehead atoms. The lowest BCUT2D eigenvalue weighted by molar-refractivity contribution is 0.599. The second-order valence-corrected chi connectivity index (χ2v) is 21.6. The largest absolute Gasteiger partial charge is 0.455 e. The molecule has 0 N–H and O–H groups in total. The quantitative estimate of drug-likeness (QED) is 0.165. The van der Waals surface area contributed by atoms with Crippen LogP contribution in [-0.2, 0) is 16.2 Å². The fraction of sp³-hybridized carbons (Fsp3) is 0.185. The maximum atomic E-state index is 7.05. The Balaban J connectivity index is 0.994. The maximum absolute atomic E-state index is 7.05. The highest BCUT2D eigenvalue weighted by Gasteiger charge is 2.49. The van der Waals surface area contributed by atoms with Gasteiger partial charge >= 0.3 is 0 Å². The molecule has 3 nitrogen and oxygen atoms in total. The molecular formula is C65H51NO2. The number of pyridine rings is 1. The average molecular weight is 878 g/mol. The zero-order chi connectivity index (χ0) is 46.2. The van der Waals surface area contributed by atoms with Gasteiger partial charge in [0.2, 0.25) is 0 Å². The van der Waals surface area contributed by atoms with E-state index >= 15 is 0 Å². The first-order valence-electron chi connectivity index (χ1n) is 24.2. The minimum atomic E-state index is -0.308. The van der Waals surface area contributed by atoms with Crippen LogP contribution in [0.4, 0.5) is 0 Å². The van der Waals surface area contributed by atoms with E-state index in [1.165, 1.54) is 111 Å². The summed E-state index contributed by atoms with van der Waals surface area (Å²) >= 11 is 0. The van der Waals surface area contributed by atoms with Gasteiger partial charge in [0.1, 0.15) is 22.3 Å². The Kier molecular flexibility index (Phi) is 7.79. The van der Waals surface area contributed by atoms with Crippen LogP contribution in [0.2, 0.25) is 0 Å². The van der Waals surface area contributed by atoms with Crippen molar-refractivity contribution in [2.75, 3.05) is 0 Å². The standard InChI is InChI=1S/C65H51NO2/c1-35-29-36(2)31-40(30-35)53(38-21-23-42-48(32-38)63(3,4)50-34-46(37-25-27-66-28-26-37)61-56(54(42)50)44-16-10-13-19-51(44)67-61)39-22-24-43-49(33-39)65(7,8)60-58(43)62-57(45-17-11-14-20-52(45)68-62)55-41-15-9-12-18-47(41)64(5,6)59(55)60/h9-34,53H,1-8H3. The smallest absolute Gasteiger partial charge is 0.144 e. The molecule has 0 fully saturated rings. The SMILES string of the molecule is Cc1cc(C)cc(C(c2ccc3c(c2)C(C)(C)c2cc(-c4ccncc4)c4oc5ccccc5c4c2-3)c2ccc3c(c2)C(C)(C)c2c4c(c5c(oc6ccccc65)c2-3)-c2ccccc2C4(C)C)c1. The van der Waals surface area contributed by atoms with Crippen LogP contribution in [0.25, 0.3) is 88.4 Å². The Hall–Kier alpha value is -7.49. The zero-order valence-electron chi connectivity index (χ0n) is 39.9. The molecule has 0 spiro atoms. The van der Waals surface area contributed by atoms with Crippen molar-refractivity contribution >= 4 is 43.9 Å². The average Bonchev–Trinajstić information content (AvgIpc) is 4.08. The van der Waals surface area contributed by atoms with Gasteiger partial charge < -0.3 is 8.83 Å². The molecule has 328 valence electrons. The molecule has 3 heterocycles. The molecule has 1 unspecified atom stereocenters. The van der Waals surface area contributed by atoms with Crippen molar-refractivity contribution < 1.29 is 8.83 Å². The number of rotatable bonds is 4. The fourth-order valence-electron chi connectivity index (χ4n) is 13.5. The number of para-hydroxylation sites is 2. The van der Waals surface area contributed by atoms with Crippen molar-refractivity contribution in [1.82, 2.24) is 4.98 Å². The van der Waals surface area contributed by atoms with Crippen LogP contribution in [0, 0.1) is 13.8 Å². The van der Waals surface area contributed by atoms with Gasteiger partial charge in [-0.3, -0.25) is 4.98 Å². The summed E-state index contributed by atoms with van der Waals surface area (Å²) in [6, 6.07) is 54.7. The summed E-state index contributed by atoms with van der Waals surface area (Å²) < 4.78 is 13.8. The molecule has 0 radical (unpaired) electrons. The molecule has 0 saturated heterocycles. The molecule has 3 aliphatic carbocycles. The van der Waals surface area contributed by atoms with Gasteiger partial charge in [0.15, 0.2) is 0 Å². The van der Waals surface area contributed by atoms with Crippen LogP contribution >= 0.6 is 0 Å². The molecule has 14 rings (SSSR count). The number of furan rings is 2. The second-order valence-electron chi connectivity index (χ2n) is 21.6. The van der Waals surface area contributed by atoms with E-state index in [0.29, 0.717) is 0 Å². The molecular weight excluding hydrogens is 827 g/mol. The van der Waals surface area contributed by atoms with Crippen molar-refractivity contribution in [2.45, 2.75) is 77.6 Å². The minimum absolute atomic E-state index is 0.0111. The number of nitrogens with zero attached hydrogens (tertiary/aromatic N) is 1. The Morgan fingerprint density at radius 2 is 0.941 bits per heavy atom. The molecule has 3 heteroatoms. The summed E-state index contributed by atoms with van der Waals surface area (Å²) in [5, 5.41) is 4.76. The lowest BCUT2D eigenvalue weighted by Gasteiger charge is -2.31. The summed E-state index contributed by atoms with van der Waals surface area (Å²) in [5.74, 6) is -0.0111. The van der Waals surface area contributed by atoms with Crippen LogP contribution in [0.3, 0.4) is 0 Å². The van der Waals surface area contributed by atoms with E-state index in [-0.39, 0.29) is 22.2 Å². The molecule has 68 heavy (non-hydrogen) atoms. The molecule has 1 atom stereocenters. The number of fused-ring (bicyclic) bond motifs is 19. The van der Waals surface area contributed by atoms with Gasteiger partial charge in [-0.1, -0.05) is 168 Å². The predicted molar refractivity (Wildman–Crippen MR) is 280 cm³/mol. The Morgan fingerprint density at radius 3 is 1.62 bits per heavy atom. The van der Waals surface area contributed by atoms with Crippen LogP contribution in [-0.4, -0.2) is 4.98 Å². The minimum Gasteiger partial charge on any atom is -0.455 e. The molecule has 3 aliphatic rings. The third-order valence-electron chi connectivity index (χ3n) is 16.5. The number of benzene rings is 8. The van der Waals surface area contributed by atoms with Crippen LogP contribution in [0.15, 0.2) is 167 Å². The van der Waals surface area contributed by atoms with Crippen LogP contribution < -0.4 is 0 Å². The van der Waals surface area contributed by atoms with Gasteiger partial charge in [0, 0.05) is 67.2 Å². The van der Waals surface area contributed by atoms with Crippen molar-refractivity contribution in [1.29, 1.82) is 0 Å². The Labute approximate surface area is 397 Å². The first-order chi connectivity index (χ1) is 32.8. The summed E-state index contributed by atoms with van der Waals surface area (Å²) in [7, 11) is 0. The molecule has 0 saturated carbocycles. The van der Waals surface area contributed by atoms with E-state index in [0.717, 1.165) is 38.8 Å². The van der Waals surface area contributed by atoms with Gasteiger partial charge in [-0.05, 0) is 128 Å². The van der Waals surface area contributed by atoms with Crippen molar-refractivity contribution in [2.24, 2.45) is 0 Å². The molecule has 11 aromatic rings. The van der Waals surface area contributed by atoms with Gasteiger partial charge in [-0.15, -0.1) is 0 Å². The van der Waals surface area contributed by atoms with Crippen molar-refractivity contribution in [3.8, 4) is 44.5 Å². The predicted octanol–water partition coefficient (Wildman–Crippen LogP) is 17.3. The van der Waals surface area contributed by atoms with E-state index in [4.69, 9.17) is 8.83 Å². The summed E-state index contributed by atoms with van der Waals surface area (Å²) in [6.45, 7) is 19.1. The third kappa shape index (κ3) is 5.06. The molecule has 3 aromatic heterocycles. The first-order valence-corrected chi connectivity index (χ1v) is 24.2. The Bertz CT molecular complexity index is 4000. The van der Waals surface area contributed by atoms with Crippen molar-refractivity contribution in [3.05, 3.63) is 219 Å². The van der Waals surface area contributed by atoms with Crippen LogP contribution in [0.1, 0.15) is 109 Å². The van der Waals surface area contributed by atoms with E-state index in [9.17, 15) is 0 Å². The van der Waals surface area contributed by atoms with E-state index < -0.39 is 0 Å². The van der Waals surface area contributed by atoms with E-state index in [1.54, 1.807) is 0 Å².